The third-order valence-corrected chi connectivity index (χ3v) is 3.67. The first kappa shape index (κ1) is 20.0. The number of ketones is 1. The Morgan fingerprint density at radius 3 is 1.63 bits per heavy atom. The molecule has 0 radical (unpaired) electrons. The van der Waals surface area contributed by atoms with Crippen LogP contribution in [0.15, 0.2) is 48.5 Å². The number of ether oxygens (including phenoxy) is 2. The fraction of sp³-hybridized carbons (Fsp3) is 0.250. The lowest BCUT2D eigenvalue weighted by Gasteiger charge is -2.10. The van der Waals surface area contributed by atoms with E-state index in [0.717, 1.165) is 6.42 Å². The summed E-state index contributed by atoms with van der Waals surface area (Å²) in [4.78, 5) is 34.6. The number of Topliss-reactive ketones (excluding diaryl/α,β-unsaturated/α-hetero) is 1. The van der Waals surface area contributed by atoms with E-state index in [9.17, 15) is 14.4 Å². The van der Waals surface area contributed by atoms with Crippen molar-refractivity contribution < 1.29 is 23.9 Å². The molecule has 0 bridgehead atoms. The number of amides is 2. The second-order valence-corrected chi connectivity index (χ2v) is 5.75. The number of hydrazine groups is 1. The number of carbonyl (C=O) groups excluding carboxylic acids is 3. The van der Waals surface area contributed by atoms with Crippen molar-refractivity contribution in [1.29, 1.82) is 0 Å². The highest BCUT2D eigenvalue weighted by Gasteiger charge is 2.07. The Bertz CT molecular complexity index is 785. The summed E-state index contributed by atoms with van der Waals surface area (Å²) < 4.78 is 10.6. The second-order valence-electron chi connectivity index (χ2n) is 5.75. The van der Waals surface area contributed by atoms with Gasteiger partial charge in [0.2, 0.25) is 0 Å². The molecule has 0 saturated carbocycles. The van der Waals surface area contributed by atoms with Crippen LogP contribution in [0.4, 0.5) is 0 Å². The molecular formula is C20H22N2O5. The molecule has 0 aliphatic rings. The summed E-state index contributed by atoms with van der Waals surface area (Å²) in [5.74, 6) is -0.0445. The molecule has 2 N–H and O–H groups in total. The summed E-state index contributed by atoms with van der Waals surface area (Å²) in [5, 5.41) is 0. The third kappa shape index (κ3) is 6.81. The molecule has 7 heteroatoms. The molecule has 0 saturated heterocycles. The predicted octanol–water partition coefficient (Wildman–Crippen LogP) is 2.06. The van der Waals surface area contributed by atoms with E-state index >= 15 is 0 Å². The van der Waals surface area contributed by atoms with Crippen molar-refractivity contribution >= 4 is 17.6 Å². The maximum atomic E-state index is 11.7. The van der Waals surface area contributed by atoms with Gasteiger partial charge in [-0.2, -0.15) is 0 Å². The zero-order chi connectivity index (χ0) is 19.6. The molecule has 142 valence electrons. The molecule has 0 atom stereocenters. The molecule has 0 aromatic heterocycles. The molecule has 7 nitrogen and oxygen atoms in total. The van der Waals surface area contributed by atoms with Gasteiger partial charge in [0.1, 0.15) is 11.5 Å². The Kier molecular flexibility index (Phi) is 7.37. The van der Waals surface area contributed by atoms with E-state index in [0.29, 0.717) is 17.1 Å². The average Bonchev–Trinajstić information content (AvgIpc) is 2.69. The van der Waals surface area contributed by atoms with Crippen LogP contribution >= 0.6 is 0 Å². The van der Waals surface area contributed by atoms with Crippen molar-refractivity contribution in [2.24, 2.45) is 0 Å². The van der Waals surface area contributed by atoms with Crippen LogP contribution in [0, 0.1) is 0 Å². The first-order valence-corrected chi connectivity index (χ1v) is 8.51. The molecule has 2 rings (SSSR count). The fourth-order valence-electron chi connectivity index (χ4n) is 2.12. The van der Waals surface area contributed by atoms with Crippen LogP contribution in [0.3, 0.4) is 0 Å². The van der Waals surface area contributed by atoms with E-state index in [-0.39, 0.29) is 19.0 Å². The molecule has 2 amide bonds. The summed E-state index contributed by atoms with van der Waals surface area (Å²) in [7, 11) is 0. The van der Waals surface area contributed by atoms with Gasteiger partial charge in [0.15, 0.2) is 19.0 Å². The van der Waals surface area contributed by atoms with E-state index in [4.69, 9.17) is 9.47 Å². The maximum absolute atomic E-state index is 11.7. The summed E-state index contributed by atoms with van der Waals surface area (Å²) in [6.07, 6.45) is 0.926. The van der Waals surface area contributed by atoms with Crippen molar-refractivity contribution in [3.8, 4) is 11.5 Å². The van der Waals surface area contributed by atoms with Gasteiger partial charge in [0.05, 0.1) is 0 Å². The minimum absolute atomic E-state index is 0.0504. The lowest BCUT2D eigenvalue weighted by molar-refractivity contribution is -0.131. The highest BCUT2D eigenvalue weighted by Crippen LogP contribution is 2.13. The molecule has 0 fully saturated rings. The van der Waals surface area contributed by atoms with Crippen LogP contribution < -0.4 is 20.3 Å². The molecule has 0 unspecified atom stereocenters. The summed E-state index contributed by atoms with van der Waals surface area (Å²) >= 11 is 0. The highest BCUT2D eigenvalue weighted by atomic mass is 16.5. The molecule has 0 heterocycles. The summed E-state index contributed by atoms with van der Waals surface area (Å²) in [6.45, 7) is 3.02. The molecule has 2 aromatic carbocycles. The van der Waals surface area contributed by atoms with Crippen LogP contribution in [0.2, 0.25) is 0 Å². The Hall–Kier alpha value is -3.35. The van der Waals surface area contributed by atoms with Gasteiger partial charge < -0.3 is 9.47 Å². The zero-order valence-electron chi connectivity index (χ0n) is 15.3. The predicted molar refractivity (Wildman–Crippen MR) is 99.5 cm³/mol. The zero-order valence-corrected chi connectivity index (χ0v) is 15.3. The van der Waals surface area contributed by atoms with Gasteiger partial charge in [-0.15, -0.1) is 0 Å². The van der Waals surface area contributed by atoms with Crippen LogP contribution in [0.1, 0.15) is 29.8 Å². The fourth-order valence-corrected chi connectivity index (χ4v) is 2.12. The number of benzene rings is 2. The van der Waals surface area contributed by atoms with Crippen molar-refractivity contribution in [2.45, 2.75) is 20.3 Å². The second kappa shape index (κ2) is 9.96. The lowest BCUT2D eigenvalue weighted by atomic mass is 10.1. The quantitative estimate of drug-likeness (QED) is 0.548. The third-order valence-electron chi connectivity index (χ3n) is 3.67. The van der Waals surface area contributed by atoms with Crippen molar-refractivity contribution in [1.82, 2.24) is 10.9 Å². The number of hydrogen-bond acceptors (Lipinski definition) is 5. The van der Waals surface area contributed by atoms with Crippen LogP contribution in [-0.2, 0) is 16.0 Å². The van der Waals surface area contributed by atoms with Gasteiger partial charge >= 0.3 is 0 Å². The average molecular weight is 370 g/mol. The van der Waals surface area contributed by atoms with Crippen molar-refractivity contribution in [3.63, 3.8) is 0 Å². The number of rotatable bonds is 8. The Balaban J connectivity index is 1.66. The van der Waals surface area contributed by atoms with E-state index < -0.39 is 11.8 Å². The molecule has 0 spiro atoms. The Labute approximate surface area is 157 Å². The van der Waals surface area contributed by atoms with Crippen LogP contribution in [0.5, 0.6) is 11.5 Å². The van der Waals surface area contributed by atoms with Gasteiger partial charge in [-0.1, -0.05) is 19.1 Å². The Morgan fingerprint density at radius 1 is 0.778 bits per heavy atom. The van der Waals surface area contributed by atoms with Crippen LogP contribution in [0.25, 0.3) is 0 Å². The van der Waals surface area contributed by atoms with Gasteiger partial charge in [-0.05, 0) is 55.3 Å². The van der Waals surface area contributed by atoms with E-state index in [1.807, 2.05) is 12.1 Å². The standard InChI is InChI=1S/C20H22N2O5/c1-3-15-4-8-17(9-5-15)26-12-19(24)21-22-20(25)13-27-18-10-6-16(7-11-18)14(2)23/h4-11H,3,12-13H2,1-2H3,(H,21,24)(H,22,25). The molecule has 0 aliphatic heterocycles. The first-order valence-electron chi connectivity index (χ1n) is 8.51. The monoisotopic (exact) mass is 370 g/mol. The van der Waals surface area contributed by atoms with Gasteiger partial charge in [-0.3, -0.25) is 25.2 Å². The Morgan fingerprint density at radius 2 is 1.22 bits per heavy atom. The lowest BCUT2D eigenvalue weighted by Crippen LogP contribution is -2.45. The summed E-state index contributed by atoms with van der Waals surface area (Å²) in [6, 6.07) is 13.8. The van der Waals surface area contributed by atoms with Crippen molar-refractivity contribution in [3.05, 3.63) is 59.7 Å². The van der Waals surface area contributed by atoms with Crippen molar-refractivity contribution in [2.75, 3.05) is 13.2 Å². The molecule has 2 aromatic rings. The molecule has 0 aliphatic carbocycles. The minimum atomic E-state index is -0.522. The molecule has 27 heavy (non-hydrogen) atoms. The van der Waals surface area contributed by atoms with Gasteiger partial charge in [0, 0.05) is 5.56 Å². The van der Waals surface area contributed by atoms with Crippen LogP contribution in [-0.4, -0.2) is 30.8 Å². The van der Waals surface area contributed by atoms with Gasteiger partial charge in [-0.25, -0.2) is 0 Å². The van der Waals surface area contributed by atoms with E-state index in [2.05, 4.69) is 17.8 Å². The van der Waals surface area contributed by atoms with Gasteiger partial charge in [0.25, 0.3) is 11.8 Å². The SMILES string of the molecule is CCc1ccc(OCC(=O)NNC(=O)COc2ccc(C(C)=O)cc2)cc1. The highest BCUT2D eigenvalue weighted by molar-refractivity contribution is 5.94. The number of hydrogen-bond donors (Lipinski definition) is 2. The maximum Gasteiger partial charge on any atom is 0.276 e. The first-order chi connectivity index (χ1) is 13.0. The number of carbonyl (C=O) groups is 3. The molecular weight excluding hydrogens is 348 g/mol. The summed E-state index contributed by atoms with van der Waals surface area (Å²) in [5.41, 5.74) is 6.22. The normalized spacial score (nSPS) is 10.0. The van der Waals surface area contributed by atoms with E-state index in [1.165, 1.54) is 12.5 Å². The van der Waals surface area contributed by atoms with E-state index in [1.54, 1.807) is 36.4 Å². The topological polar surface area (TPSA) is 93.7 Å². The largest absolute Gasteiger partial charge is 0.484 e. The smallest absolute Gasteiger partial charge is 0.276 e. The number of nitrogens with one attached hydrogen (secondary N) is 2. The minimum Gasteiger partial charge on any atom is -0.484 e. The number of aryl methyl sites for hydroxylation is 1.